The smallest absolute Gasteiger partial charge is 0.0448 e. The van der Waals surface area contributed by atoms with E-state index in [9.17, 15) is 0 Å². The molecular weight excluding hydrogens is 324 g/mol. The molecule has 2 aromatic carbocycles. The van der Waals surface area contributed by atoms with Gasteiger partial charge in [-0.15, -0.1) is 0 Å². The maximum Gasteiger partial charge on any atom is 0.0448 e. The van der Waals surface area contributed by atoms with Crippen molar-refractivity contribution < 1.29 is 0 Å². The van der Waals surface area contributed by atoms with Crippen molar-refractivity contribution >= 4 is 32.4 Å². The van der Waals surface area contributed by atoms with Gasteiger partial charge in [0.1, 0.15) is 0 Å². The van der Waals surface area contributed by atoms with Gasteiger partial charge in [-0.2, -0.15) is 0 Å². The third-order valence-electron chi connectivity index (χ3n) is 3.62. The van der Waals surface area contributed by atoms with E-state index in [2.05, 4.69) is 81.3 Å². The molecule has 3 rings (SSSR count). The second kappa shape index (κ2) is 6.27. The molecule has 1 heterocycles. The topological polar surface area (TPSA) is 16.1 Å². The molecule has 0 bridgehead atoms. The summed E-state index contributed by atoms with van der Waals surface area (Å²) >= 11 is 3.49. The number of fused-ring (bicyclic) bond motifs is 1. The lowest BCUT2D eigenvalue weighted by molar-refractivity contribution is 0.831. The van der Waals surface area contributed by atoms with E-state index in [1.165, 1.54) is 22.0 Å². The highest BCUT2D eigenvalue weighted by Gasteiger charge is 2.09. The molecule has 0 aliphatic carbocycles. The van der Waals surface area contributed by atoms with Gasteiger partial charge in [-0.1, -0.05) is 36.4 Å². The van der Waals surface area contributed by atoms with Crippen LogP contribution in [0.5, 0.6) is 0 Å². The molecule has 3 heteroatoms. The highest BCUT2D eigenvalue weighted by Crippen LogP contribution is 2.27. The number of hydrogen-bond acceptors (Lipinski definition) is 2. The monoisotopic (exact) mass is 340 g/mol. The number of pyridine rings is 1. The van der Waals surface area contributed by atoms with E-state index < -0.39 is 0 Å². The van der Waals surface area contributed by atoms with Crippen LogP contribution in [-0.2, 0) is 6.54 Å². The fourth-order valence-electron chi connectivity index (χ4n) is 2.61. The Balaban J connectivity index is 1.98. The second-order valence-corrected chi connectivity index (χ2v) is 5.94. The lowest BCUT2D eigenvalue weighted by Gasteiger charge is -2.24. The molecule has 0 saturated heterocycles. The summed E-state index contributed by atoms with van der Waals surface area (Å²) in [6.07, 6.45) is 3.75. The largest absolute Gasteiger partial charge is 0.367 e. The summed E-state index contributed by atoms with van der Waals surface area (Å²) in [6.45, 7) is 4.00. The molecule has 1 aromatic heterocycles. The van der Waals surface area contributed by atoms with Gasteiger partial charge in [0, 0.05) is 41.0 Å². The molecule has 0 amide bonds. The molecule has 0 spiro atoms. The number of hydrogen-bond donors (Lipinski definition) is 0. The van der Waals surface area contributed by atoms with Crippen molar-refractivity contribution in [3.05, 3.63) is 71.0 Å². The third kappa shape index (κ3) is 3.08. The van der Waals surface area contributed by atoms with Crippen LogP contribution in [0.4, 0.5) is 5.69 Å². The zero-order chi connectivity index (χ0) is 14.7. The Morgan fingerprint density at radius 1 is 1.05 bits per heavy atom. The van der Waals surface area contributed by atoms with Crippen molar-refractivity contribution in [2.75, 3.05) is 11.4 Å². The first-order valence-electron chi connectivity index (χ1n) is 7.10. The van der Waals surface area contributed by atoms with Gasteiger partial charge in [0.05, 0.1) is 0 Å². The van der Waals surface area contributed by atoms with Crippen molar-refractivity contribution in [3.63, 3.8) is 0 Å². The van der Waals surface area contributed by atoms with Gasteiger partial charge in [0.2, 0.25) is 0 Å². The molecule has 0 atom stereocenters. The lowest BCUT2D eigenvalue weighted by atomic mass is 10.1. The number of nitrogens with zero attached hydrogens (tertiary/aromatic N) is 2. The van der Waals surface area contributed by atoms with Crippen LogP contribution < -0.4 is 4.90 Å². The van der Waals surface area contributed by atoms with E-state index in [-0.39, 0.29) is 0 Å². The minimum Gasteiger partial charge on any atom is -0.367 e. The zero-order valence-electron chi connectivity index (χ0n) is 12.0. The summed E-state index contributed by atoms with van der Waals surface area (Å²) in [7, 11) is 0. The first-order chi connectivity index (χ1) is 10.3. The molecule has 2 nitrogen and oxygen atoms in total. The van der Waals surface area contributed by atoms with Crippen LogP contribution in [0.1, 0.15) is 12.5 Å². The summed E-state index contributed by atoms with van der Waals surface area (Å²) in [4.78, 5) is 6.63. The molecular formula is C18H17BrN2. The Bertz CT molecular complexity index is 750. The van der Waals surface area contributed by atoms with E-state index >= 15 is 0 Å². The summed E-state index contributed by atoms with van der Waals surface area (Å²) in [6, 6.07) is 17.1. The Hall–Kier alpha value is -1.87. The fourth-order valence-corrected chi connectivity index (χ4v) is 3.03. The predicted octanol–water partition coefficient (Wildman–Crippen LogP) is 5.02. The second-order valence-electron chi connectivity index (χ2n) is 5.02. The number of benzene rings is 2. The standard InChI is InChI=1S/C18H17BrN2/c1-2-21(13-14-10-16(19)12-20-11-14)18-9-5-7-15-6-3-4-8-17(15)18/h3-12H,2,13H2,1H3. The molecule has 3 aromatic rings. The van der Waals surface area contributed by atoms with E-state index in [1.54, 1.807) is 0 Å². The fraction of sp³-hybridized carbons (Fsp3) is 0.167. The quantitative estimate of drug-likeness (QED) is 0.662. The number of anilines is 1. The van der Waals surface area contributed by atoms with Gasteiger partial charge >= 0.3 is 0 Å². The van der Waals surface area contributed by atoms with E-state index in [0.29, 0.717) is 0 Å². The Morgan fingerprint density at radius 3 is 2.67 bits per heavy atom. The predicted molar refractivity (Wildman–Crippen MR) is 92.6 cm³/mol. The van der Waals surface area contributed by atoms with Crippen molar-refractivity contribution in [1.29, 1.82) is 0 Å². The van der Waals surface area contributed by atoms with Crippen LogP contribution in [0, 0.1) is 0 Å². The third-order valence-corrected chi connectivity index (χ3v) is 4.06. The average molecular weight is 341 g/mol. The minimum atomic E-state index is 0.858. The molecule has 0 aliphatic heterocycles. The molecule has 0 saturated carbocycles. The first kappa shape index (κ1) is 14.1. The summed E-state index contributed by atoms with van der Waals surface area (Å²) in [5.41, 5.74) is 2.48. The van der Waals surface area contributed by atoms with Crippen LogP contribution in [-0.4, -0.2) is 11.5 Å². The van der Waals surface area contributed by atoms with Gasteiger partial charge < -0.3 is 4.90 Å². The van der Waals surface area contributed by atoms with Crippen molar-refractivity contribution in [2.45, 2.75) is 13.5 Å². The summed E-state index contributed by atoms with van der Waals surface area (Å²) < 4.78 is 1.02. The van der Waals surface area contributed by atoms with Crippen LogP contribution in [0.25, 0.3) is 10.8 Å². The van der Waals surface area contributed by atoms with Crippen LogP contribution in [0.2, 0.25) is 0 Å². The Kier molecular flexibility index (Phi) is 4.20. The molecule has 0 fully saturated rings. The highest BCUT2D eigenvalue weighted by molar-refractivity contribution is 9.10. The van der Waals surface area contributed by atoms with Gasteiger partial charge in [-0.3, -0.25) is 4.98 Å². The van der Waals surface area contributed by atoms with Crippen LogP contribution >= 0.6 is 15.9 Å². The van der Waals surface area contributed by atoms with Crippen molar-refractivity contribution in [2.24, 2.45) is 0 Å². The molecule has 21 heavy (non-hydrogen) atoms. The first-order valence-corrected chi connectivity index (χ1v) is 7.89. The lowest BCUT2D eigenvalue weighted by Crippen LogP contribution is -2.22. The van der Waals surface area contributed by atoms with Gasteiger partial charge in [0.25, 0.3) is 0 Å². The molecule has 0 N–H and O–H groups in total. The average Bonchev–Trinajstić information content (AvgIpc) is 2.52. The molecule has 106 valence electrons. The number of halogens is 1. The van der Waals surface area contributed by atoms with Crippen LogP contribution in [0.3, 0.4) is 0 Å². The number of rotatable bonds is 4. The van der Waals surface area contributed by atoms with Crippen molar-refractivity contribution in [1.82, 2.24) is 4.98 Å². The normalized spacial score (nSPS) is 10.8. The highest BCUT2D eigenvalue weighted by atomic mass is 79.9. The maximum absolute atomic E-state index is 4.25. The Morgan fingerprint density at radius 2 is 1.86 bits per heavy atom. The molecule has 0 unspecified atom stereocenters. The van der Waals surface area contributed by atoms with Gasteiger partial charge in [-0.25, -0.2) is 0 Å². The number of aromatic nitrogens is 1. The minimum absolute atomic E-state index is 0.858. The SMILES string of the molecule is CCN(Cc1cncc(Br)c1)c1cccc2ccccc12. The van der Waals surface area contributed by atoms with Crippen molar-refractivity contribution in [3.8, 4) is 0 Å². The van der Waals surface area contributed by atoms with Gasteiger partial charge in [0.15, 0.2) is 0 Å². The molecule has 0 radical (unpaired) electrons. The van der Waals surface area contributed by atoms with E-state index in [1.807, 2.05) is 12.4 Å². The van der Waals surface area contributed by atoms with Crippen LogP contribution in [0.15, 0.2) is 65.4 Å². The van der Waals surface area contributed by atoms with E-state index in [4.69, 9.17) is 0 Å². The molecule has 0 aliphatic rings. The Labute approximate surface area is 133 Å². The van der Waals surface area contributed by atoms with E-state index in [0.717, 1.165) is 17.6 Å². The summed E-state index contributed by atoms with van der Waals surface area (Å²) in [5.74, 6) is 0. The van der Waals surface area contributed by atoms with Gasteiger partial charge in [-0.05, 0) is 45.9 Å². The maximum atomic E-state index is 4.25. The zero-order valence-corrected chi connectivity index (χ0v) is 13.5. The summed E-state index contributed by atoms with van der Waals surface area (Å²) in [5, 5.41) is 2.57.